The van der Waals surface area contributed by atoms with E-state index >= 15 is 4.39 Å². The number of hydrogen-bond acceptors (Lipinski definition) is 6. The number of anilines is 1. The minimum Gasteiger partial charge on any atom is -0.369 e. The van der Waals surface area contributed by atoms with Gasteiger partial charge >= 0.3 is 0 Å². The molecule has 0 spiro atoms. The third-order valence-electron chi connectivity index (χ3n) is 12.1. The van der Waals surface area contributed by atoms with Crippen molar-refractivity contribution in [3.8, 4) is 17.2 Å². The van der Waals surface area contributed by atoms with E-state index in [9.17, 15) is 14.4 Å². The Morgan fingerprint density at radius 2 is 1.85 bits per heavy atom. The highest BCUT2D eigenvalue weighted by molar-refractivity contribution is 6.43. The number of likely N-dealkylation sites (tertiary alicyclic amines) is 1. The summed E-state index contributed by atoms with van der Waals surface area (Å²) in [6.45, 7) is 6.22. The fourth-order valence-corrected chi connectivity index (χ4v) is 9.79. The minimum atomic E-state index is -0.525. The van der Waals surface area contributed by atoms with E-state index in [0.717, 1.165) is 53.5 Å². The molecule has 2 aromatic carbocycles. The van der Waals surface area contributed by atoms with Crippen molar-refractivity contribution < 1.29 is 13.6 Å². The van der Waals surface area contributed by atoms with E-state index in [0.29, 0.717) is 52.4 Å². The van der Waals surface area contributed by atoms with Crippen LogP contribution in [0.25, 0.3) is 32.9 Å². The number of fused-ring (bicyclic) bond motifs is 6. The van der Waals surface area contributed by atoms with Crippen LogP contribution in [0.3, 0.4) is 0 Å². The second-order valence-corrected chi connectivity index (χ2v) is 16.6. The van der Waals surface area contributed by atoms with Crippen LogP contribution >= 0.6 is 23.2 Å². The molecule has 54 heavy (non-hydrogen) atoms. The number of nitriles is 1. The number of pyridine rings is 2. The van der Waals surface area contributed by atoms with Crippen LogP contribution in [0.1, 0.15) is 67.2 Å². The lowest BCUT2D eigenvalue weighted by Gasteiger charge is -2.34. The summed E-state index contributed by atoms with van der Waals surface area (Å²) < 4.78 is 31.1. The topological polar surface area (TPSA) is 101 Å². The number of hydrogen-bond donors (Lipinski definition) is 2. The Bertz CT molecular complexity index is 2330. The number of nitrogens with one attached hydrogen (secondary N) is 2. The van der Waals surface area contributed by atoms with Crippen LogP contribution in [0.2, 0.25) is 10.0 Å². The van der Waals surface area contributed by atoms with Gasteiger partial charge in [-0.3, -0.25) is 4.79 Å². The largest absolute Gasteiger partial charge is 0.369 e. The molecule has 3 aromatic heterocycles. The molecular formula is C42H41Cl2F2N7O. The molecule has 6 fully saturated rings. The van der Waals surface area contributed by atoms with Crippen molar-refractivity contribution in [2.75, 3.05) is 24.5 Å². The Kier molecular flexibility index (Phi) is 9.03. The molecule has 4 bridgehead atoms. The molecule has 12 heteroatoms. The number of aryl methyl sites for hydroxylation is 3. The maximum absolute atomic E-state index is 16.7. The number of aromatic amines is 1. The zero-order valence-electron chi connectivity index (χ0n) is 30.2. The lowest BCUT2D eigenvalue weighted by molar-refractivity contribution is -0.135. The lowest BCUT2D eigenvalue weighted by atomic mass is 9.87. The number of H-pyrrole nitrogens is 1. The SMILES string of the molecule is C1NC2CC1C2.Cc1cc(N2CC3CC(C2)N(C(=O)C2CC2)C3c2cc3c(C)nc4c(F)c(-c5cccc(Cl)c5Cl)c(CCC#N)cc4c3[nH]2)cc(F)n1. The summed E-state index contributed by atoms with van der Waals surface area (Å²) in [7, 11) is 0. The van der Waals surface area contributed by atoms with Gasteiger partial charge in [0.1, 0.15) is 5.52 Å². The Balaban J connectivity index is 0.000000577. The molecule has 1 amide bonds. The van der Waals surface area contributed by atoms with Gasteiger partial charge in [0.15, 0.2) is 5.82 Å². The Morgan fingerprint density at radius 3 is 2.54 bits per heavy atom. The van der Waals surface area contributed by atoms with E-state index in [1.165, 1.54) is 25.5 Å². The van der Waals surface area contributed by atoms with Crippen molar-refractivity contribution in [2.45, 2.75) is 76.9 Å². The predicted molar refractivity (Wildman–Crippen MR) is 208 cm³/mol. The Hall–Kier alpha value is -4.30. The van der Waals surface area contributed by atoms with Crippen LogP contribution in [0.15, 0.2) is 42.5 Å². The van der Waals surface area contributed by atoms with Crippen LogP contribution in [-0.2, 0) is 11.2 Å². The van der Waals surface area contributed by atoms with E-state index in [-0.39, 0.29) is 52.4 Å². The first-order chi connectivity index (χ1) is 26.1. The summed E-state index contributed by atoms with van der Waals surface area (Å²) in [5.41, 5.74) is 5.20. The molecule has 2 N–H and O–H groups in total. The summed E-state index contributed by atoms with van der Waals surface area (Å²) in [5, 5.41) is 14.8. The molecule has 278 valence electrons. The van der Waals surface area contributed by atoms with Crippen LogP contribution in [0, 0.1) is 54.7 Å². The molecule has 7 heterocycles. The average Bonchev–Trinajstić information content (AvgIpc) is 3.41. The van der Waals surface area contributed by atoms with Gasteiger partial charge in [-0.1, -0.05) is 35.3 Å². The highest BCUT2D eigenvalue weighted by Gasteiger charge is 2.52. The smallest absolute Gasteiger partial charge is 0.226 e. The molecular weight excluding hydrogens is 727 g/mol. The second kappa shape index (κ2) is 13.8. The first kappa shape index (κ1) is 35.4. The predicted octanol–water partition coefficient (Wildman–Crippen LogP) is 8.99. The van der Waals surface area contributed by atoms with Gasteiger partial charge in [-0.05, 0) is 94.7 Å². The molecule has 11 rings (SSSR count). The summed E-state index contributed by atoms with van der Waals surface area (Å²) in [4.78, 5) is 30.5. The number of piperidine rings is 1. The van der Waals surface area contributed by atoms with Crippen molar-refractivity contribution in [3.05, 3.63) is 86.9 Å². The van der Waals surface area contributed by atoms with E-state index in [2.05, 4.69) is 37.2 Å². The molecule has 0 radical (unpaired) electrons. The summed E-state index contributed by atoms with van der Waals surface area (Å²) in [5.74, 6) is 0.326. The number of aromatic nitrogens is 3. The molecule has 2 saturated carbocycles. The lowest BCUT2D eigenvalue weighted by Crippen LogP contribution is -2.44. The average molecular weight is 769 g/mol. The number of carbonyl (C=O) groups excluding carboxylic acids is 1. The van der Waals surface area contributed by atoms with Gasteiger partial charge < -0.3 is 20.1 Å². The number of benzene rings is 2. The third-order valence-corrected chi connectivity index (χ3v) is 12.9. The van der Waals surface area contributed by atoms with Crippen molar-refractivity contribution >= 4 is 56.6 Å². The van der Waals surface area contributed by atoms with Crippen LogP contribution in [0.5, 0.6) is 0 Å². The first-order valence-electron chi connectivity index (χ1n) is 19.0. The number of rotatable bonds is 6. The van der Waals surface area contributed by atoms with Gasteiger partial charge in [-0.2, -0.15) is 9.65 Å². The highest BCUT2D eigenvalue weighted by Crippen LogP contribution is 2.49. The van der Waals surface area contributed by atoms with E-state index < -0.39 is 11.8 Å². The van der Waals surface area contributed by atoms with Gasteiger partial charge in [0.2, 0.25) is 11.9 Å². The molecule has 4 aliphatic heterocycles. The highest BCUT2D eigenvalue weighted by atomic mass is 35.5. The van der Waals surface area contributed by atoms with Crippen molar-refractivity contribution in [2.24, 2.45) is 17.8 Å². The molecule has 6 aliphatic rings. The minimum absolute atomic E-state index is 0.0270. The third kappa shape index (κ3) is 6.18. The fraction of sp³-hybridized carbons (Fsp3) is 0.429. The van der Waals surface area contributed by atoms with E-state index in [1.807, 2.05) is 19.1 Å². The first-order valence-corrected chi connectivity index (χ1v) is 19.7. The molecule has 2 aliphatic carbocycles. The van der Waals surface area contributed by atoms with Crippen molar-refractivity contribution in [3.63, 3.8) is 0 Å². The van der Waals surface area contributed by atoms with E-state index in [1.54, 1.807) is 25.1 Å². The Morgan fingerprint density at radius 1 is 1.04 bits per heavy atom. The number of carbonyl (C=O) groups is 1. The van der Waals surface area contributed by atoms with Gasteiger partial charge in [0, 0.05) is 88.1 Å². The normalized spacial score (nSPS) is 24.1. The summed E-state index contributed by atoms with van der Waals surface area (Å²) in [6, 6.07) is 15.3. The second-order valence-electron chi connectivity index (χ2n) is 15.8. The number of amides is 1. The van der Waals surface area contributed by atoms with E-state index in [4.69, 9.17) is 28.2 Å². The molecule has 3 unspecified atom stereocenters. The molecule has 3 atom stereocenters. The van der Waals surface area contributed by atoms with Crippen molar-refractivity contribution in [1.29, 1.82) is 5.26 Å². The standard InChI is InChI=1S/C37H32Cl2F2N6O.C5H9N/c1-18-11-23(14-30(40)43-18)46-16-22-12-24(17-46)47(37(48)20-8-9-20)36(22)29-15-26-19(2)44-35-27(34(26)45-29)13-21(5-4-10-42)31(33(35)41)25-6-3-7-28(38)32(25)39;1-4-2-5(1)6-3-4/h3,6-7,11,13-15,20,22,24,36,45H,4-5,8-9,12,16-17H2,1-2H3;4-6H,1-3H2. The zero-order valence-corrected chi connectivity index (χ0v) is 31.7. The van der Waals surface area contributed by atoms with Crippen LogP contribution < -0.4 is 10.2 Å². The van der Waals surface area contributed by atoms with Crippen LogP contribution in [0.4, 0.5) is 14.5 Å². The monoisotopic (exact) mass is 767 g/mol. The van der Waals surface area contributed by atoms with Gasteiger partial charge in [0.25, 0.3) is 0 Å². The van der Waals surface area contributed by atoms with Gasteiger partial charge in [-0.25, -0.2) is 14.4 Å². The van der Waals surface area contributed by atoms with Crippen LogP contribution in [-0.4, -0.2) is 57.5 Å². The fourth-order valence-electron chi connectivity index (χ4n) is 9.39. The van der Waals surface area contributed by atoms with Gasteiger partial charge in [-0.15, -0.1) is 0 Å². The van der Waals surface area contributed by atoms with Gasteiger partial charge in [0.05, 0.1) is 33.7 Å². The summed E-state index contributed by atoms with van der Waals surface area (Å²) >= 11 is 12.9. The number of halogens is 4. The number of nitrogens with zero attached hydrogens (tertiary/aromatic N) is 5. The quantitative estimate of drug-likeness (QED) is 0.167. The molecule has 8 nitrogen and oxygen atoms in total. The zero-order chi connectivity index (χ0) is 37.4. The maximum Gasteiger partial charge on any atom is 0.226 e. The Labute approximate surface area is 322 Å². The molecule has 5 aromatic rings. The molecule has 4 saturated heterocycles. The summed E-state index contributed by atoms with van der Waals surface area (Å²) in [6.07, 6.45) is 6.07. The van der Waals surface area contributed by atoms with Crippen molar-refractivity contribution in [1.82, 2.24) is 25.2 Å². The maximum atomic E-state index is 16.7.